The summed E-state index contributed by atoms with van der Waals surface area (Å²) in [6.45, 7) is 6.39. The first-order chi connectivity index (χ1) is 38.5. The van der Waals surface area contributed by atoms with Crippen LogP contribution >= 0.6 is 0 Å². The fourth-order valence-electron chi connectivity index (χ4n) is 8.61. The maximum absolute atomic E-state index is 12.9. The third-order valence-electron chi connectivity index (χ3n) is 13.4. The minimum Gasteiger partial charge on any atom is -0.462 e. The van der Waals surface area contributed by atoms with Gasteiger partial charge in [-0.15, -0.1) is 0 Å². The van der Waals surface area contributed by atoms with Crippen LogP contribution in [0.15, 0.2) is 134 Å². The van der Waals surface area contributed by atoms with Crippen molar-refractivity contribution in [1.29, 1.82) is 0 Å². The summed E-state index contributed by atoms with van der Waals surface area (Å²) in [5.41, 5.74) is 0. The molecule has 0 rings (SSSR count). The van der Waals surface area contributed by atoms with Gasteiger partial charge in [-0.1, -0.05) is 264 Å². The number of hydrogen-bond acceptors (Lipinski definition) is 6. The predicted molar refractivity (Wildman–Crippen MR) is 339 cm³/mol. The summed E-state index contributed by atoms with van der Waals surface area (Å²) in [7, 11) is 0. The zero-order valence-corrected chi connectivity index (χ0v) is 50.6. The van der Waals surface area contributed by atoms with Gasteiger partial charge in [-0.3, -0.25) is 14.4 Å². The fourth-order valence-corrected chi connectivity index (χ4v) is 8.61. The van der Waals surface area contributed by atoms with Crippen molar-refractivity contribution >= 4 is 17.9 Å². The summed E-state index contributed by atoms with van der Waals surface area (Å²) in [4.78, 5) is 38.3. The molecule has 0 fully saturated rings. The third-order valence-corrected chi connectivity index (χ3v) is 13.4. The van der Waals surface area contributed by atoms with Gasteiger partial charge in [0.2, 0.25) is 0 Å². The van der Waals surface area contributed by atoms with E-state index >= 15 is 0 Å². The molecule has 6 heteroatoms. The molecular weight excluding hydrogens is 961 g/mol. The van der Waals surface area contributed by atoms with Crippen molar-refractivity contribution in [3.63, 3.8) is 0 Å². The van der Waals surface area contributed by atoms with Crippen molar-refractivity contribution in [1.82, 2.24) is 0 Å². The van der Waals surface area contributed by atoms with Gasteiger partial charge >= 0.3 is 17.9 Å². The summed E-state index contributed by atoms with van der Waals surface area (Å²) >= 11 is 0. The molecule has 78 heavy (non-hydrogen) atoms. The van der Waals surface area contributed by atoms with Crippen LogP contribution in [0.2, 0.25) is 0 Å². The molecule has 0 bridgehead atoms. The lowest BCUT2D eigenvalue weighted by Crippen LogP contribution is -2.30. The Hall–Kier alpha value is -4.45. The average molecular weight is 1080 g/mol. The van der Waals surface area contributed by atoms with Crippen LogP contribution in [0.5, 0.6) is 0 Å². The van der Waals surface area contributed by atoms with Crippen molar-refractivity contribution in [3.8, 4) is 0 Å². The molecule has 0 amide bonds. The van der Waals surface area contributed by atoms with Crippen molar-refractivity contribution in [2.45, 2.75) is 290 Å². The third kappa shape index (κ3) is 62.4. The van der Waals surface area contributed by atoms with E-state index in [0.29, 0.717) is 19.3 Å². The number of carbonyl (C=O) groups is 3. The highest BCUT2D eigenvalue weighted by Gasteiger charge is 2.19. The zero-order chi connectivity index (χ0) is 56.4. The molecule has 0 N–H and O–H groups in total. The number of allylic oxidation sites excluding steroid dienone is 22. The lowest BCUT2D eigenvalue weighted by molar-refractivity contribution is -0.167. The Morgan fingerprint density at radius 2 is 0.500 bits per heavy atom. The van der Waals surface area contributed by atoms with E-state index in [2.05, 4.69) is 154 Å². The SMILES string of the molecule is CC/C=C\C/C=C\C/C=C\C/C=C\C/C=C\C/C=C\CCCCCCCCCCC(=O)OCC(COC(=O)CCCCCCC/C=C\CCCCCCCCC)OC(=O)CCCCCC/C=C\C/C=C\C/C=C\C/C=C\CC. The van der Waals surface area contributed by atoms with Crippen molar-refractivity contribution in [2.24, 2.45) is 0 Å². The lowest BCUT2D eigenvalue weighted by Gasteiger charge is -2.18. The topological polar surface area (TPSA) is 78.9 Å². The fraction of sp³-hybridized carbons (Fsp3) is 0.653. The Morgan fingerprint density at radius 3 is 0.795 bits per heavy atom. The molecule has 0 saturated carbocycles. The highest BCUT2D eigenvalue weighted by molar-refractivity contribution is 5.71. The van der Waals surface area contributed by atoms with Crippen LogP contribution in [-0.4, -0.2) is 37.2 Å². The van der Waals surface area contributed by atoms with Gasteiger partial charge in [0.15, 0.2) is 6.10 Å². The van der Waals surface area contributed by atoms with E-state index < -0.39 is 6.10 Å². The van der Waals surface area contributed by atoms with Crippen molar-refractivity contribution in [2.75, 3.05) is 13.2 Å². The van der Waals surface area contributed by atoms with Gasteiger partial charge in [-0.25, -0.2) is 0 Å². The summed E-state index contributed by atoms with van der Waals surface area (Å²) < 4.78 is 16.9. The van der Waals surface area contributed by atoms with E-state index in [1.807, 2.05) is 0 Å². The van der Waals surface area contributed by atoms with Crippen LogP contribution in [0.4, 0.5) is 0 Å². The summed E-state index contributed by atoms with van der Waals surface area (Å²) in [6, 6.07) is 0. The second-order valence-corrected chi connectivity index (χ2v) is 20.9. The van der Waals surface area contributed by atoms with Gasteiger partial charge in [0.25, 0.3) is 0 Å². The Labute approximate surface area is 481 Å². The Bertz CT molecular complexity index is 1670. The Kier molecular flexibility index (Phi) is 61.4. The summed E-state index contributed by atoms with van der Waals surface area (Å²) in [5, 5.41) is 0. The monoisotopic (exact) mass is 1080 g/mol. The van der Waals surface area contributed by atoms with Crippen LogP contribution in [0.25, 0.3) is 0 Å². The van der Waals surface area contributed by atoms with E-state index in [1.54, 1.807) is 0 Å². The molecule has 0 aliphatic carbocycles. The van der Waals surface area contributed by atoms with E-state index in [1.165, 1.54) is 96.3 Å². The van der Waals surface area contributed by atoms with Gasteiger partial charge in [-0.05, 0) is 135 Å². The van der Waals surface area contributed by atoms with Crippen LogP contribution in [0.1, 0.15) is 284 Å². The summed E-state index contributed by atoms with van der Waals surface area (Å²) in [6.07, 6.45) is 91.6. The van der Waals surface area contributed by atoms with Crippen molar-refractivity contribution in [3.05, 3.63) is 134 Å². The molecule has 0 spiro atoms. The molecule has 0 aromatic rings. The number of unbranched alkanes of at least 4 members (excludes halogenated alkanes) is 24. The smallest absolute Gasteiger partial charge is 0.306 e. The quantitative estimate of drug-likeness (QED) is 0.0261. The van der Waals surface area contributed by atoms with Crippen LogP contribution < -0.4 is 0 Å². The molecule has 1 unspecified atom stereocenters. The molecule has 0 aromatic carbocycles. The molecule has 1 atom stereocenters. The van der Waals surface area contributed by atoms with E-state index in [4.69, 9.17) is 14.2 Å². The number of esters is 3. The number of carbonyl (C=O) groups excluding carboxylic acids is 3. The largest absolute Gasteiger partial charge is 0.462 e. The average Bonchev–Trinajstić information content (AvgIpc) is 3.44. The minimum absolute atomic E-state index is 0.0979. The molecule has 442 valence electrons. The van der Waals surface area contributed by atoms with Gasteiger partial charge in [-0.2, -0.15) is 0 Å². The molecular formula is C72H118O6. The van der Waals surface area contributed by atoms with E-state index in [9.17, 15) is 14.4 Å². The molecule has 0 aromatic heterocycles. The first-order valence-corrected chi connectivity index (χ1v) is 32.2. The molecule has 0 heterocycles. The van der Waals surface area contributed by atoms with Gasteiger partial charge in [0.1, 0.15) is 13.2 Å². The normalized spacial score (nSPS) is 13.0. The van der Waals surface area contributed by atoms with Gasteiger partial charge < -0.3 is 14.2 Å². The number of ether oxygens (including phenoxy) is 3. The van der Waals surface area contributed by atoms with Crippen LogP contribution in [0, 0.1) is 0 Å². The maximum Gasteiger partial charge on any atom is 0.306 e. The van der Waals surface area contributed by atoms with Crippen LogP contribution in [0.3, 0.4) is 0 Å². The lowest BCUT2D eigenvalue weighted by atomic mass is 10.1. The first-order valence-electron chi connectivity index (χ1n) is 32.2. The second kappa shape index (κ2) is 65.1. The maximum atomic E-state index is 12.9. The Morgan fingerprint density at radius 1 is 0.269 bits per heavy atom. The van der Waals surface area contributed by atoms with Crippen LogP contribution in [-0.2, 0) is 28.6 Å². The minimum atomic E-state index is -0.804. The van der Waals surface area contributed by atoms with E-state index in [-0.39, 0.29) is 31.1 Å². The summed E-state index contributed by atoms with van der Waals surface area (Å²) in [5.74, 6) is -0.935. The highest BCUT2D eigenvalue weighted by Crippen LogP contribution is 2.15. The molecule has 0 radical (unpaired) electrons. The molecule has 0 aliphatic heterocycles. The predicted octanol–water partition coefficient (Wildman–Crippen LogP) is 22.2. The molecule has 0 saturated heterocycles. The standard InChI is InChI=1S/C72H118O6/c1-4-7-10-13-16-19-22-25-28-31-32-33-34-35-36-37-38-39-40-42-44-47-50-53-56-59-62-65-71(74)77-68-69(67-76-70(73)64-61-58-55-52-49-46-43-30-27-24-21-18-15-12-9-6-3)78-72(75)66-63-60-57-54-51-48-45-41-29-26-23-20-17-14-11-8-5-2/h7-8,10-11,16-17,19-20,25-26,28-30,32-33,35-36,38-39,43,45,48,69H,4-6,9,12-15,18,21-24,27,31,34,37,40-42,44,46-47,49-68H2,1-3H3/b10-7-,11-8-,19-16-,20-17-,28-25-,29-26-,33-32-,36-35-,39-38-,43-30-,48-45-. The Balaban J connectivity index is 4.41. The van der Waals surface area contributed by atoms with Crippen molar-refractivity contribution < 1.29 is 28.6 Å². The van der Waals surface area contributed by atoms with Gasteiger partial charge in [0.05, 0.1) is 0 Å². The van der Waals surface area contributed by atoms with Gasteiger partial charge in [0, 0.05) is 19.3 Å². The highest BCUT2D eigenvalue weighted by atomic mass is 16.6. The second-order valence-electron chi connectivity index (χ2n) is 20.9. The molecule has 6 nitrogen and oxygen atoms in total. The zero-order valence-electron chi connectivity index (χ0n) is 50.6. The first kappa shape index (κ1) is 73.5. The molecule has 0 aliphatic rings. The number of hydrogen-bond donors (Lipinski definition) is 0. The van der Waals surface area contributed by atoms with E-state index in [0.717, 1.165) is 148 Å². The number of rotatable bonds is 57.